The van der Waals surface area contributed by atoms with Crippen LogP contribution in [0.1, 0.15) is 33.4 Å². The van der Waals surface area contributed by atoms with Gasteiger partial charge >= 0.3 is 0 Å². The SMILES string of the molecule is Cc1cc(C)c(C)c(C#Cc2cccc(N)c2)c1C. The van der Waals surface area contributed by atoms with Crippen molar-refractivity contribution in [1.82, 2.24) is 0 Å². The van der Waals surface area contributed by atoms with Crippen LogP contribution in [0.3, 0.4) is 0 Å². The van der Waals surface area contributed by atoms with Crippen LogP contribution in [0, 0.1) is 39.5 Å². The maximum Gasteiger partial charge on any atom is 0.0326 e. The van der Waals surface area contributed by atoms with Crippen LogP contribution in [-0.4, -0.2) is 0 Å². The molecular formula is C18H19N. The molecule has 0 bridgehead atoms. The van der Waals surface area contributed by atoms with Crippen LogP contribution in [0.4, 0.5) is 5.69 Å². The molecule has 0 saturated heterocycles. The van der Waals surface area contributed by atoms with Gasteiger partial charge in [-0.1, -0.05) is 24.0 Å². The molecule has 0 aromatic heterocycles. The molecule has 0 amide bonds. The smallest absolute Gasteiger partial charge is 0.0326 e. The first-order valence-electron chi connectivity index (χ1n) is 6.44. The number of hydrogen-bond donors (Lipinski definition) is 1. The highest BCUT2D eigenvalue weighted by Crippen LogP contribution is 2.20. The predicted molar refractivity (Wildman–Crippen MR) is 82.2 cm³/mol. The Kier molecular flexibility index (Phi) is 3.62. The molecule has 0 spiro atoms. The van der Waals surface area contributed by atoms with Gasteiger partial charge in [0, 0.05) is 16.8 Å². The molecule has 1 nitrogen and oxygen atoms in total. The van der Waals surface area contributed by atoms with E-state index in [9.17, 15) is 0 Å². The number of nitrogens with two attached hydrogens (primary N) is 1. The van der Waals surface area contributed by atoms with Gasteiger partial charge in [-0.05, 0) is 68.1 Å². The van der Waals surface area contributed by atoms with Crippen molar-refractivity contribution in [2.24, 2.45) is 0 Å². The van der Waals surface area contributed by atoms with Crippen LogP contribution < -0.4 is 5.73 Å². The van der Waals surface area contributed by atoms with Crippen LogP contribution in [-0.2, 0) is 0 Å². The van der Waals surface area contributed by atoms with E-state index < -0.39 is 0 Å². The number of aryl methyl sites for hydroxylation is 2. The van der Waals surface area contributed by atoms with Gasteiger partial charge in [-0.25, -0.2) is 0 Å². The first-order chi connectivity index (χ1) is 8.99. The first kappa shape index (κ1) is 13.2. The van der Waals surface area contributed by atoms with Crippen LogP contribution in [0.2, 0.25) is 0 Å². The minimum atomic E-state index is 0.751. The van der Waals surface area contributed by atoms with E-state index in [1.165, 1.54) is 22.3 Å². The summed E-state index contributed by atoms with van der Waals surface area (Å²) >= 11 is 0. The van der Waals surface area contributed by atoms with Gasteiger partial charge in [-0.2, -0.15) is 0 Å². The maximum atomic E-state index is 5.77. The highest BCUT2D eigenvalue weighted by molar-refractivity contribution is 5.56. The van der Waals surface area contributed by atoms with Crippen molar-refractivity contribution in [3.63, 3.8) is 0 Å². The zero-order valence-electron chi connectivity index (χ0n) is 12.0. The first-order valence-corrected chi connectivity index (χ1v) is 6.44. The Balaban J connectivity index is 2.51. The second-order valence-electron chi connectivity index (χ2n) is 5.01. The Hall–Kier alpha value is -2.20. The summed E-state index contributed by atoms with van der Waals surface area (Å²) in [5, 5.41) is 0. The van der Waals surface area contributed by atoms with Gasteiger partial charge in [0.15, 0.2) is 0 Å². The fourth-order valence-electron chi connectivity index (χ4n) is 2.16. The van der Waals surface area contributed by atoms with E-state index in [4.69, 9.17) is 5.73 Å². The van der Waals surface area contributed by atoms with Crippen molar-refractivity contribution in [2.75, 3.05) is 5.73 Å². The van der Waals surface area contributed by atoms with E-state index in [2.05, 4.69) is 45.6 Å². The zero-order chi connectivity index (χ0) is 14.0. The molecule has 0 fully saturated rings. The molecule has 1 heteroatoms. The highest BCUT2D eigenvalue weighted by atomic mass is 14.5. The summed E-state index contributed by atoms with van der Waals surface area (Å²) in [4.78, 5) is 0. The summed E-state index contributed by atoms with van der Waals surface area (Å²) < 4.78 is 0. The summed E-state index contributed by atoms with van der Waals surface area (Å²) in [6.07, 6.45) is 0. The van der Waals surface area contributed by atoms with Gasteiger partial charge < -0.3 is 5.73 Å². The molecule has 0 aliphatic heterocycles. The van der Waals surface area contributed by atoms with E-state index in [0.717, 1.165) is 16.8 Å². The summed E-state index contributed by atoms with van der Waals surface area (Å²) in [6, 6.07) is 9.91. The molecular weight excluding hydrogens is 230 g/mol. The largest absolute Gasteiger partial charge is 0.399 e. The van der Waals surface area contributed by atoms with Crippen molar-refractivity contribution in [3.8, 4) is 11.8 Å². The second kappa shape index (κ2) is 5.20. The number of rotatable bonds is 0. The fraction of sp³-hybridized carbons (Fsp3) is 0.222. The van der Waals surface area contributed by atoms with Crippen LogP contribution in [0.15, 0.2) is 30.3 Å². The van der Waals surface area contributed by atoms with Crippen LogP contribution in [0.25, 0.3) is 0 Å². The number of nitrogen functional groups attached to an aromatic ring is 1. The Morgan fingerprint density at radius 2 is 1.47 bits per heavy atom. The molecule has 0 atom stereocenters. The quantitative estimate of drug-likeness (QED) is 0.556. The predicted octanol–water partition coefficient (Wildman–Crippen LogP) is 3.90. The maximum absolute atomic E-state index is 5.77. The Bertz CT molecular complexity index is 659. The van der Waals surface area contributed by atoms with Gasteiger partial charge in [0.2, 0.25) is 0 Å². The Morgan fingerprint density at radius 3 is 2.05 bits per heavy atom. The molecule has 0 aliphatic carbocycles. The molecule has 2 N–H and O–H groups in total. The summed E-state index contributed by atoms with van der Waals surface area (Å²) in [6.45, 7) is 8.52. The molecule has 0 radical (unpaired) electrons. The fourth-order valence-corrected chi connectivity index (χ4v) is 2.16. The average Bonchev–Trinajstić information content (AvgIpc) is 2.36. The van der Waals surface area contributed by atoms with E-state index in [-0.39, 0.29) is 0 Å². The lowest BCUT2D eigenvalue weighted by molar-refractivity contribution is 1.22. The van der Waals surface area contributed by atoms with Gasteiger partial charge in [-0.15, -0.1) is 0 Å². The summed E-state index contributed by atoms with van der Waals surface area (Å²) in [5.74, 6) is 6.51. The molecule has 0 heterocycles. The molecule has 2 rings (SSSR count). The lowest BCUT2D eigenvalue weighted by Gasteiger charge is -2.10. The summed E-state index contributed by atoms with van der Waals surface area (Å²) in [7, 11) is 0. The standard InChI is InChI=1S/C18H19N/c1-12-10-13(2)15(4)18(14(12)3)9-8-16-6-5-7-17(19)11-16/h5-7,10-11H,19H2,1-4H3. The Morgan fingerprint density at radius 1 is 0.842 bits per heavy atom. The van der Waals surface area contributed by atoms with Crippen LogP contribution >= 0.6 is 0 Å². The third kappa shape index (κ3) is 2.80. The molecule has 96 valence electrons. The minimum absolute atomic E-state index is 0.751. The minimum Gasteiger partial charge on any atom is -0.399 e. The van der Waals surface area contributed by atoms with E-state index in [0.29, 0.717) is 0 Å². The van der Waals surface area contributed by atoms with Gasteiger partial charge in [0.1, 0.15) is 0 Å². The lowest BCUT2D eigenvalue weighted by atomic mass is 9.94. The van der Waals surface area contributed by atoms with Crippen molar-refractivity contribution < 1.29 is 0 Å². The van der Waals surface area contributed by atoms with E-state index >= 15 is 0 Å². The molecule has 0 aliphatic rings. The number of hydrogen-bond acceptors (Lipinski definition) is 1. The third-order valence-corrected chi connectivity index (χ3v) is 3.58. The van der Waals surface area contributed by atoms with Crippen molar-refractivity contribution >= 4 is 5.69 Å². The van der Waals surface area contributed by atoms with Gasteiger partial charge in [0.25, 0.3) is 0 Å². The molecule has 2 aromatic rings. The monoisotopic (exact) mass is 249 g/mol. The normalized spacial score (nSPS) is 9.89. The summed E-state index contributed by atoms with van der Waals surface area (Å²) in [5.41, 5.74) is 13.7. The van der Waals surface area contributed by atoms with Crippen molar-refractivity contribution in [1.29, 1.82) is 0 Å². The van der Waals surface area contributed by atoms with E-state index in [1.54, 1.807) is 0 Å². The molecule has 2 aromatic carbocycles. The van der Waals surface area contributed by atoms with Crippen molar-refractivity contribution in [2.45, 2.75) is 27.7 Å². The molecule has 0 saturated carbocycles. The second-order valence-corrected chi connectivity index (χ2v) is 5.01. The van der Waals surface area contributed by atoms with E-state index in [1.807, 2.05) is 24.3 Å². The molecule has 0 unspecified atom stereocenters. The average molecular weight is 249 g/mol. The third-order valence-electron chi connectivity index (χ3n) is 3.58. The van der Waals surface area contributed by atoms with Gasteiger partial charge in [-0.3, -0.25) is 0 Å². The zero-order valence-corrected chi connectivity index (χ0v) is 12.0. The van der Waals surface area contributed by atoms with Crippen molar-refractivity contribution in [3.05, 3.63) is 63.7 Å². The Labute approximate surface area is 115 Å². The highest BCUT2D eigenvalue weighted by Gasteiger charge is 2.05. The molecule has 19 heavy (non-hydrogen) atoms. The van der Waals surface area contributed by atoms with Crippen LogP contribution in [0.5, 0.6) is 0 Å². The topological polar surface area (TPSA) is 26.0 Å². The number of benzene rings is 2. The lowest BCUT2D eigenvalue weighted by Crippen LogP contribution is -1.95. The number of anilines is 1. The van der Waals surface area contributed by atoms with Gasteiger partial charge in [0.05, 0.1) is 0 Å².